The summed E-state index contributed by atoms with van der Waals surface area (Å²) in [4.78, 5) is 37.0. The van der Waals surface area contributed by atoms with Gasteiger partial charge >= 0.3 is 0 Å². The van der Waals surface area contributed by atoms with Crippen molar-refractivity contribution >= 4 is 29.1 Å². The molecule has 3 amide bonds. The van der Waals surface area contributed by atoms with Crippen LogP contribution >= 0.6 is 0 Å². The van der Waals surface area contributed by atoms with Crippen LogP contribution in [0.25, 0.3) is 0 Å². The van der Waals surface area contributed by atoms with E-state index in [-0.39, 0.29) is 24.3 Å². The Morgan fingerprint density at radius 2 is 1.48 bits per heavy atom. The molecule has 0 aliphatic heterocycles. The minimum atomic E-state index is -0.423. The predicted octanol–water partition coefficient (Wildman–Crippen LogP) is 4.99. The summed E-state index contributed by atoms with van der Waals surface area (Å²) in [6.07, 6.45) is 0.755. The second kappa shape index (κ2) is 11.0. The van der Waals surface area contributed by atoms with Gasteiger partial charge in [-0.2, -0.15) is 0 Å². The molecule has 3 aromatic rings. The summed E-state index contributed by atoms with van der Waals surface area (Å²) in [6, 6.07) is 19.1. The van der Waals surface area contributed by atoms with Gasteiger partial charge in [-0.15, -0.1) is 0 Å². The number of carbonyl (C=O) groups excluding carboxylic acids is 3. The molecule has 0 bridgehead atoms. The average Bonchev–Trinajstić information content (AvgIpc) is 2.82. The molecule has 0 spiro atoms. The Bertz CT molecular complexity index is 1150. The van der Waals surface area contributed by atoms with E-state index < -0.39 is 11.7 Å². The molecule has 170 valence electrons. The van der Waals surface area contributed by atoms with Crippen molar-refractivity contribution in [3.8, 4) is 0 Å². The van der Waals surface area contributed by atoms with Crippen molar-refractivity contribution in [1.29, 1.82) is 0 Å². The molecule has 3 N–H and O–H groups in total. The molecular weight excluding hydrogens is 421 g/mol. The Balaban J connectivity index is 1.60. The second-order valence-corrected chi connectivity index (χ2v) is 7.72. The molecule has 1 atom stereocenters. The van der Waals surface area contributed by atoms with Gasteiger partial charge < -0.3 is 16.0 Å². The number of hydrogen-bond donors (Lipinski definition) is 3. The Labute approximate surface area is 192 Å². The van der Waals surface area contributed by atoms with Gasteiger partial charge in [-0.05, 0) is 66.6 Å². The Morgan fingerprint density at radius 3 is 2.18 bits per heavy atom. The van der Waals surface area contributed by atoms with Gasteiger partial charge in [0.15, 0.2) is 0 Å². The van der Waals surface area contributed by atoms with E-state index in [2.05, 4.69) is 16.0 Å². The van der Waals surface area contributed by atoms with E-state index in [1.54, 1.807) is 30.3 Å². The maximum absolute atomic E-state index is 13.0. The number of hydrogen-bond acceptors (Lipinski definition) is 3. The van der Waals surface area contributed by atoms with Crippen molar-refractivity contribution in [2.45, 2.75) is 26.8 Å². The van der Waals surface area contributed by atoms with Crippen LogP contribution in [-0.4, -0.2) is 17.7 Å². The molecule has 0 heterocycles. The molecular formula is C26H26FN3O3. The first-order valence-corrected chi connectivity index (χ1v) is 10.7. The van der Waals surface area contributed by atoms with Crippen LogP contribution in [0.4, 0.5) is 15.8 Å². The lowest BCUT2D eigenvalue weighted by atomic mass is 10.1. The van der Waals surface area contributed by atoms with E-state index in [1.165, 1.54) is 24.3 Å². The van der Waals surface area contributed by atoms with Crippen LogP contribution in [0.15, 0.2) is 72.8 Å². The first-order chi connectivity index (χ1) is 15.9. The molecule has 3 aromatic carbocycles. The van der Waals surface area contributed by atoms with Gasteiger partial charge in [-0.25, -0.2) is 4.39 Å². The van der Waals surface area contributed by atoms with Gasteiger partial charge in [0.25, 0.3) is 11.8 Å². The lowest BCUT2D eigenvalue weighted by molar-refractivity contribution is -0.119. The van der Waals surface area contributed by atoms with Gasteiger partial charge in [-0.1, -0.05) is 32.0 Å². The molecule has 0 fully saturated rings. The van der Waals surface area contributed by atoms with E-state index in [1.807, 2.05) is 32.0 Å². The van der Waals surface area contributed by atoms with E-state index >= 15 is 0 Å². The maximum atomic E-state index is 13.0. The van der Waals surface area contributed by atoms with Crippen molar-refractivity contribution in [2.24, 2.45) is 5.92 Å². The van der Waals surface area contributed by atoms with Crippen LogP contribution in [-0.2, 0) is 11.3 Å². The molecule has 0 aromatic heterocycles. The number of nitrogens with one attached hydrogen (secondary N) is 3. The number of carbonyl (C=O) groups is 3. The lowest BCUT2D eigenvalue weighted by Crippen LogP contribution is -2.23. The Kier molecular flexibility index (Phi) is 7.91. The third-order valence-electron chi connectivity index (χ3n) is 5.20. The molecule has 7 heteroatoms. The number of rotatable bonds is 8. The largest absolute Gasteiger partial charge is 0.348 e. The van der Waals surface area contributed by atoms with Crippen molar-refractivity contribution in [3.63, 3.8) is 0 Å². The number of amides is 3. The standard InChI is InChI=1S/C26H26FN3O3/c1-3-17(2)24(31)29-22-8-4-6-18(14-22)16-28-25(32)20-7-5-9-23(15-20)30-26(33)19-10-12-21(27)13-11-19/h4-15,17H,3,16H2,1-2H3,(H,28,32)(H,29,31)(H,30,33). The van der Waals surface area contributed by atoms with E-state index in [0.29, 0.717) is 22.5 Å². The molecule has 0 radical (unpaired) electrons. The van der Waals surface area contributed by atoms with Gasteiger partial charge in [0.05, 0.1) is 0 Å². The normalized spacial score (nSPS) is 11.4. The molecule has 0 aliphatic carbocycles. The van der Waals surface area contributed by atoms with E-state index in [0.717, 1.165) is 12.0 Å². The fraction of sp³-hybridized carbons (Fsp3) is 0.192. The van der Waals surface area contributed by atoms with Crippen molar-refractivity contribution in [2.75, 3.05) is 10.6 Å². The molecule has 6 nitrogen and oxygen atoms in total. The summed E-state index contributed by atoms with van der Waals surface area (Å²) in [7, 11) is 0. The van der Waals surface area contributed by atoms with Crippen LogP contribution in [0.1, 0.15) is 46.5 Å². The number of benzene rings is 3. The van der Waals surface area contributed by atoms with Crippen LogP contribution in [0.3, 0.4) is 0 Å². The first kappa shape index (κ1) is 23.7. The van der Waals surface area contributed by atoms with Gasteiger partial charge in [0.1, 0.15) is 5.82 Å². The third-order valence-corrected chi connectivity index (χ3v) is 5.20. The number of halogens is 1. The molecule has 0 aliphatic rings. The SMILES string of the molecule is CCC(C)C(=O)Nc1cccc(CNC(=O)c2cccc(NC(=O)c3ccc(F)cc3)c2)c1. The maximum Gasteiger partial charge on any atom is 0.255 e. The fourth-order valence-electron chi connectivity index (χ4n) is 3.04. The second-order valence-electron chi connectivity index (χ2n) is 7.72. The van der Waals surface area contributed by atoms with Crippen LogP contribution in [0.5, 0.6) is 0 Å². The monoisotopic (exact) mass is 447 g/mol. The summed E-state index contributed by atoms with van der Waals surface area (Å²) < 4.78 is 13.0. The Hall–Kier alpha value is -4.00. The van der Waals surface area contributed by atoms with E-state index in [4.69, 9.17) is 0 Å². The summed E-state index contributed by atoms with van der Waals surface area (Å²) in [5, 5.41) is 8.43. The zero-order valence-corrected chi connectivity index (χ0v) is 18.5. The van der Waals surface area contributed by atoms with Crippen LogP contribution in [0.2, 0.25) is 0 Å². The average molecular weight is 448 g/mol. The molecule has 0 saturated carbocycles. The zero-order chi connectivity index (χ0) is 23.8. The lowest BCUT2D eigenvalue weighted by Gasteiger charge is -2.12. The highest BCUT2D eigenvalue weighted by Gasteiger charge is 2.12. The molecule has 1 unspecified atom stereocenters. The van der Waals surface area contributed by atoms with Crippen molar-refractivity contribution in [1.82, 2.24) is 5.32 Å². The highest BCUT2D eigenvalue weighted by molar-refractivity contribution is 6.05. The van der Waals surface area contributed by atoms with Crippen molar-refractivity contribution < 1.29 is 18.8 Å². The molecule has 33 heavy (non-hydrogen) atoms. The van der Waals surface area contributed by atoms with Crippen LogP contribution < -0.4 is 16.0 Å². The zero-order valence-electron chi connectivity index (χ0n) is 18.5. The van der Waals surface area contributed by atoms with Crippen molar-refractivity contribution in [3.05, 3.63) is 95.3 Å². The summed E-state index contributed by atoms with van der Waals surface area (Å²) in [6.45, 7) is 4.10. The third kappa shape index (κ3) is 6.74. The summed E-state index contributed by atoms with van der Waals surface area (Å²) in [5.74, 6) is -1.25. The quantitative estimate of drug-likeness (QED) is 0.455. The minimum Gasteiger partial charge on any atom is -0.348 e. The van der Waals surface area contributed by atoms with Gasteiger partial charge in [0.2, 0.25) is 5.91 Å². The van der Waals surface area contributed by atoms with Crippen LogP contribution in [0, 0.1) is 11.7 Å². The fourth-order valence-corrected chi connectivity index (χ4v) is 3.04. The smallest absolute Gasteiger partial charge is 0.255 e. The first-order valence-electron chi connectivity index (χ1n) is 10.7. The summed E-state index contributed by atoms with van der Waals surface area (Å²) in [5.41, 5.74) is 2.66. The molecule has 0 saturated heterocycles. The molecule has 3 rings (SSSR count). The highest BCUT2D eigenvalue weighted by atomic mass is 19.1. The van der Waals surface area contributed by atoms with Gasteiger partial charge in [0, 0.05) is 35.0 Å². The Morgan fingerprint density at radius 1 is 0.818 bits per heavy atom. The number of anilines is 2. The minimum absolute atomic E-state index is 0.0433. The van der Waals surface area contributed by atoms with Gasteiger partial charge in [-0.3, -0.25) is 14.4 Å². The van der Waals surface area contributed by atoms with E-state index in [9.17, 15) is 18.8 Å². The summed E-state index contributed by atoms with van der Waals surface area (Å²) >= 11 is 0. The topological polar surface area (TPSA) is 87.3 Å². The predicted molar refractivity (Wildman–Crippen MR) is 126 cm³/mol. The highest BCUT2D eigenvalue weighted by Crippen LogP contribution is 2.15.